The van der Waals surface area contributed by atoms with Crippen LogP contribution < -0.4 is 10.6 Å². The van der Waals surface area contributed by atoms with Gasteiger partial charge in [-0.2, -0.15) is 0 Å². The van der Waals surface area contributed by atoms with Gasteiger partial charge in [-0.3, -0.25) is 19.2 Å². The van der Waals surface area contributed by atoms with Gasteiger partial charge in [0.05, 0.1) is 11.4 Å². The molecule has 1 heterocycles. The molecule has 9 heteroatoms. The zero-order chi connectivity index (χ0) is 18.9. The third kappa shape index (κ3) is 6.30. The number of carbonyl (C=O) groups is 4. The Morgan fingerprint density at radius 2 is 1.73 bits per heavy atom. The van der Waals surface area contributed by atoms with Crippen LogP contribution in [0.2, 0.25) is 5.02 Å². The van der Waals surface area contributed by atoms with Crippen molar-refractivity contribution in [2.24, 2.45) is 0 Å². The number of hydrogen-bond donors (Lipinski definition) is 2. The number of halogens is 1. The van der Waals surface area contributed by atoms with E-state index in [1.165, 1.54) is 23.5 Å². The van der Waals surface area contributed by atoms with E-state index in [2.05, 4.69) is 10.6 Å². The summed E-state index contributed by atoms with van der Waals surface area (Å²) in [7, 11) is 0. The fourth-order valence-corrected chi connectivity index (χ4v) is 2.57. The quantitative estimate of drug-likeness (QED) is 0.524. The van der Waals surface area contributed by atoms with Crippen LogP contribution in [-0.2, 0) is 14.3 Å². The summed E-state index contributed by atoms with van der Waals surface area (Å²) in [4.78, 5) is 47.2. The zero-order valence-electron chi connectivity index (χ0n) is 13.5. The Hall–Kier alpha value is -2.71. The van der Waals surface area contributed by atoms with E-state index >= 15 is 0 Å². The summed E-state index contributed by atoms with van der Waals surface area (Å²) in [6.07, 6.45) is 0. The van der Waals surface area contributed by atoms with Gasteiger partial charge in [-0.1, -0.05) is 17.7 Å². The Morgan fingerprint density at radius 1 is 1.00 bits per heavy atom. The number of Topliss-reactive ketones (excluding diaryl/α,β-unsaturated/α-hetero) is 1. The zero-order valence-corrected chi connectivity index (χ0v) is 15.1. The molecule has 1 aromatic carbocycles. The molecular weight excluding hydrogens is 380 g/mol. The van der Waals surface area contributed by atoms with Crippen LogP contribution in [-0.4, -0.2) is 43.3 Å². The molecule has 0 aliphatic carbocycles. The molecule has 136 valence electrons. The van der Waals surface area contributed by atoms with Crippen molar-refractivity contribution in [1.29, 1.82) is 0 Å². The third-order valence-electron chi connectivity index (χ3n) is 3.11. The van der Waals surface area contributed by atoms with Crippen molar-refractivity contribution in [2.45, 2.75) is 0 Å². The minimum absolute atomic E-state index is 0.270. The minimum atomic E-state index is -0.759. The molecule has 0 aliphatic heterocycles. The second-order valence-corrected chi connectivity index (χ2v) is 6.41. The third-order valence-corrected chi connectivity index (χ3v) is 4.24. The highest BCUT2D eigenvalue weighted by Crippen LogP contribution is 2.10. The standard InChI is InChI=1S/C17H15ClN2O5S/c18-12-5-3-11(4-6-12)13(21)10-25-16(23)9-19-15(22)8-20-17(24)14-2-1-7-26-14/h1-7H,8-10H2,(H,19,22)(H,20,24). The molecule has 0 saturated carbocycles. The van der Waals surface area contributed by atoms with Crippen molar-refractivity contribution in [3.05, 3.63) is 57.2 Å². The van der Waals surface area contributed by atoms with Gasteiger partial charge in [0, 0.05) is 10.6 Å². The highest BCUT2D eigenvalue weighted by atomic mass is 35.5. The van der Waals surface area contributed by atoms with Gasteiger partial charge >= 0.3 is 5.97 Å². The van der Waals surface area contributed by atoms with Gasteiger partial charge in [0.15, 0.2) is 12.4 Å². The van der Waals surface area contributed by atoms with Gasteiger partial charge in [0.25, 0.3) is 5.91 Å². The number of nitrogens with one attached hydrogen (secondary N) is 2. The smallest absolute Gasteiger partial charge is 0.325 e. The van der Waals surface area contributed by atoms with Crippen LogP contribution in [0.4, 0.5) is 0 Å². The number of esters is 1. The van der Waals surface area contributed by atoms with Crippen molar-refractivity contribution >= 4 is 46.5 Å². The lowest BCUT2D eigenvalue weighted by atomic mass is 10.1. The average Bonchev–Trinajstić information content (AvgIpc) is 3.17. The first-order valence-electron chi connectivity index (χ1n) is 7.48. The predicted molar refractivity (Wildman–Crippen MR) is 96.4 cm³/mol. The molecule has 0 atom stereocenters. The summed E-state index contributed by atoms with van der Waals surface area (Å²) in [5.74, 6) is -2.06. The fourth-order valence-electron chi connectivity index (χ4n) is 1.80. The Labute approximate surface area is 158 Å². The summed E-state index contributed by atoms with van der Waals surface area (Å²) in [6, 6.07) is 9.52. The summed E-state index contributed by atoms with van der Waals surface area (Å²) in [5, 5.41) is 6.97. The molecule has 0 radical (unpaired) electrons. The van der Waals surface area contributed by atoms with E-state index in [1.54, 1.807) is 29.6 Å². The molecule has 2 amide bonds. The largest absolute Gasteiger partial charge is 0.456 e. The van der Waals surface area contributed by atoms with Gasteiger partial charge < -0.3 is 15.4 Å². The van der Waals surface area contributed by atoms with E-state index < -0.39 is 25.0 Å². The first-order valence-corrected chi connectivity index (χ1v) is 8.74. The number of carbonyl (C=O) groups excluding carboxylic acids is 4. The second kappa shape index (κ2) is 9.69. The van der Waals surface area contributed by atoms with Gasteiger partial charge in [0.1, 0.15) is 6.54 Å². The SMILES string of the molecule is O=C(CNC(=O)c1cccs1)NCC(=O)OCC(=O)c1ccc(Cl)cc1. The first kappa shape index (κ1) is 19.6. The Balaban J connectivity index is 1.64. The Morgan fingerprint density at radius 3 is 2.38 bits per heavy atom. The van der Waals surface area contributed by atoms with Crippen LogP contribution in [0.25, 0.3) is 0 Å². The van der Waals surface area contributed by atoms with Crippen LogP contribution in [0.1, 0.15) is 20.0 Å². The number of ketones is 1. The molecule has 0 aliphatic rings. The van der Waals surface area contributed by atoms with Gasteiger partial charge in [0.2, 0.25) is 5.91 Å². The van der Waals surface area contributed by atoms with E-state index in [0.29, 0.717) is 15.5 Å². The number of benzene rings is 1. The van der Waals surface area contributed by atoms with Crippen molar-refractivity contribution in [3.63, 3.8) is 0 Å². The van der Waals surface area contributed by atoms with E-state index in [1.807, 2.05) is 0 Å². The van der Waals surface area contributed by atoms with Gasteiger partial charge in [-0.05, 0) is 35.7 Å². The van der Waals surface area contributed by atoms with Crippen LogP contribution in [0.15, 0.2) is 41.8 Å². The van der Waals surface area contributed by atoms with E-state index in [0.717, 1.165) is 0 Å². The molecule has 0 spiro atoms. The summed E-state index contributed by atoms with van der Waals surface area (Å²) in [5.41, 5.74) is 0.363. The maximum Gasteiger partial charge on any atom is 0.325 e. The molecule has 1 aromatic heterocycles. The number of amides is 2. The lowest BCUT2D eigenvalue weighted by Crippen LogP contribution is -2.39. The van der Waals surface area contributed by atoms with Crippen molar-refractivity contribution < 1.29 is 23.9 Å². The van der Waals surface area contributed by atoms with Crippen molar-refractivity contribution in [1.82, 2.24) is 10.6 Å². The van der Waals surface area contributed by atoms with Gasteiger partial charge in [-0.15, -0.1) is 11.3 Å². The number of thiophene rings is 1. The van der Waals surface area contributed by atoms with Crippen LogP contribution in [0.3, 0.4) is 0 Å². The highest BCUT2D eigenvalue weighted by Gasteiger charge is 2.12. The van der Waals surface area contributed by atoms with E-state index in [9.17, 15) is 19.2 Å². The molecule has 2 rings (SSSR count). The molecular formula is C17H15ClN2O5S. The molecule has 0 unspecified atom stereocenters. The van der Waals surface area contributed by atoms with E-state index in [-0.39, 0.29) is 18.2 Å². The average molecular weight is 395 g/mol. The first-order chi connectivity index (χ1) is 12.5. The fraction of sp³-hybridized carbons (Fsp3) is 0.176. The molecule has 26 heavy (non-hydrogen) atoms. The van der Waals surface area contributed by atoms with Crippen LogP contribution in [0.5, 0.6) is 0 Å². The van der Waals surface area contributed by atoms with Crippen LogP contribution in [0, 0.1) is 0 Å². The normalized spacial score (nSPS) is 10.0. The number of hydrogen-bond acceptors (Lipinski definition) is 6. The molecule has 0 fully saturated rings. The minimum Gasteiger partial charge on any atom is -0.456 e. The Kier molecular flexibility index (Phi) is 7.31. The monoisotopic (exact) mass is 394 g/mol. The number of ether oxygens (including phenoxy) is 1. The molecule has 2 aromatic rings. The molecule has 2 N–H and O–H groups in total. The molecule has 0 saturated heterocycles. The predicted octanol–water partition coefficient (Wildman–Crippen LogP) is 1.67. The maximum absolute atomic E-state index is 11.8. The lowest BCUT2D eigenvalue weighted by Gasteiger charge is -2.07. The summed E-state index contributed by atoms with van der Waals surface area (Å²) in [6.45, 7) is -1.11. The lowest BCUT2D eigenvalue weighted by molar-refractivity contribution is -0.142. The van der Waals surface area contributed by atoms with Gasteiger partial charge in [-0.25, -0.2) is 0 Å². The van der Waals surface area contributed by atoms with Crippen LogP contribution >= 0.6 is 22.9 Å². The highest BCUT2D eigenvalue weighted by molar-refractivity contribution is 7.12. The Bertz CT molecular complexity index is 790. The number of rotatable bonds is 8. The van der Waals surface area contributed by atoms with Crippen molar-refractivity contribution in [3.8, 4) is 0 Å². The molecule has 7 nitrogen and oxygen atoms in total. The summed E-state index contributed by atoms with van der Waals surface area (Å²) >= 11 is 6.98. The summed E-state index contributed by atoms with van der Waals surface area (Å²) < 4.78 is 4.80. The van der Waals surface area contributed by atoms with Crippen molar-refractivity contribution in [2.75, 3.05) is 19.7 Å². The topological polar surface area (TPSA) is 102 Å². The maximum atomic E-state index is 11.8. The second-order valence-electron chi connectivity index (χ2n) is 5.03. The van der Waals surface area contributed by atoms with E-state index in [4.69, 9.17) is 16.3 Å². The molecule has 0 bridgehead atoms.